The topological polar surface area (TPSA) is 17.8 Å². The summed E-state index contributed by atoms with van der Waals surface area (Å²) in [5.41, 5.74) is 2.59. The lowest BCUT2D eigenvalue weighted by atomic mass is 10.1. The average molecular weight is 273 g/mol. The fourth-order valence-electron chi connectivity index (χ4n) is 1.66. The second kappa shape index (κ2) is 6.31. The molecule has 0 aromatic carbocycles. The quantitative estimate of drug-likeness (QED) is 0.726. The lowest BCUT2D eigenvalue weighted by Crippen LogP contribution is -2.14. The normalized spacial score (nSPS) is 13.1. The molecule has 0 aliphatic heterocycles. The van der Waals surface area contributed by atoms with Crippen molar-refractivity contribution in [2.24, 2.45) is 5.92 Å². The average Bonchev–Trinajstić information content (AvgIpc) is 2.68. The summed E-state index contributed by atoms with van der Waals surface area (Å²) in [6.45, 7) is 7.64. The Hall–Kier alpha value is -0.310. The maximum absolute atomic E-state index is 4.63. The van der Waals surface area contributed by atoms with Crippen LogP contribution in [0.2, 0.25) is 0 Å². The first kappa shape index (κ1) is 12.8. The van der Waals surface area contributed by atoms with Crippen molar-refractivity contribution >= 4 is 15.9 Å². The molecule has 2 nitrogen and oxygen atoms in total. The Balaban J connectivity index is 2.77. The van der Waals surface area contributed by atoms with E-state index >= 15 is 0 Å². The van der Waals surface area contributed by atoms with E-state index in [-0.39, 0.29) is 0 Å². The van der Waals surface area contributed by atoms with Crippen molar-refractivity contribution in [3.63, 3.8) is 0 Å². The van der Waals surface area contributed by atoms with Gasteiger partial charge in [0, 0.05) is 17.6 Å². The van der Waals surface area contributed by atoms with Crippen molar-refractivity contribution < 1.29 is 0 Å². The molecule has 0 aliphatic rings. The third kappa shape index (κ3) is 3.33. The number of nitrogens with zero attached hydrogens (tertiary/aromatic N) is 2. The number of alkyl halides is 1. The molecule has 1 atom stereocenters. The lowest BCUT2D eigenvalue weighted by molar-refractivity contribution is 0.435. The van der Waals surface area contributed by atoms with Crippen molar-refractivity contribution in [1.82, 2.24) is 9.78 Å². The third-order valence-corrected chi connectivity index (χ3v) is 3.78. The predicted octanol–water partition coefficient (Wildman–Crippen LogP) is 3.43. The highest BCUT2D eigenvalue weighted by atomic mass is 79.9. The minimum absolute atomic E-state index is 0.694. The monoisotopic (exact) mass is 272 g/mol. The molecule has 0 saturated carbocycles. The summed E-state index contributed by atoms with van der Waals surface area (Å²) in [5, 5.41) is 5.69. The van der Waals surface area contributed by atoms with Crippen molar-refractivity contribution in [1.29, 1.82) is 0 Å². The van der Waals surface area contributed by atoms with Crippen molar-refractivity contribution in [3.05, 3.63) is 17.5 Å². The standard InChI is InChI=1S/C12H21BrN2/c1-4-10(8-13)9-15-12(6-3)7-11(5-2)14-15/h7,10H,4-6,8-9H2,1-3H3. The molecule has 0 radical (unpaired) electrons. The molecule has 0 fully saturated rings. The molecule has 15 heavy (non-hydrogen) atoms. The molecule has 1 heterocycles. The lowest BCUT2D eigenvalue weighted by Gasteiger charge is -2.13. The Morgan fingerprint density at radius 2 is 2.07 bits per heavy atom. The summed E-state index contributed by atoms with van der Waals surface area (Å²) in [4.78, 5) is 0. The molecule has 1 aromatic rings. The van der Waals surface area contributed by atoms with E-state index in [0.717, 1.165) is 24.7 Å². The van der Waals surface area contributed by atoms with Gasteiger partial charge < -0.3 is 0 Å². The van der Waals surface area contributed by atoms with Crippen LogP contribution >= 0.6 is 15.9 Å². The molecule has 0 spiro atoms. The first-order valence-corrected chi connectivity index (χ1v) is 6.98. The van der Waals surface area contributed by atoms with Gasteiger partial charge in [-0.2, -0.15) is 5.10 Å². The van der Waals surface area contributed by atoms with Gasteiger partial charge in [-0.15, -0.1) is 0 Å². The zero-order valence-electron chi connectivity index (χ0n) is 9.96. The number of hydrogen-bond acceptors (Lipinski definition) is 1. The maximum Gasteiger partial charge on any atom is 0.0624 e. The fourth-order valence-corrected chi connectivity index (χ4v) is 2.32. The summed E-state index contributed by atoms with van der Waals surface area (Å²) >= 11 is 3.56. The van der Waals surface area contributed by atoms with Crippen LogP contribution in [0.25, 0.3) is 0 Å². The van der Waals surface area contributed by atoms with E-state index < -0.39 is 0 Å². The molecular formula is C12H21BrN2. The van der Waals surface area contributed by atoms with E-state index in [1.54, 1.807) is 0 Å². The molecule has 0 amide bonds. The number of rotatable bonds is 6. The Morgan fingerprint density at radius 1 is 1.33 bits per heavy atom. The summed E-state index contributed by atoms with van der Waals surface area (Å²) in [6, 6.07) is 2.24. The van der Waals surface area contributed by atoms with Crippen molar-refractivity contribution in [3.8, 4) is 0 Å². The van der Waals surface area contributed by atoms with Gasteiger partial charge in [-0.05, 0) is 24.8 Å². The molecule has 0 aliphatic carbocycles. The smallest absolute Gasteiger partial charge is 0.0624 e. The largest absolute Gasteiger partial charge is 0.269 e. The predicted molar refractivity (Wildman–Crippen MR) is 68.6 cm³/mol. The van der Waals surface area contributed by atoms with Crippen LogP contribution in [0.3, 0.4) is 0 Å². The summed E-state index contributed by atoms with van der Waals surface area (Å²) < 4.78 is 2.19. The van der Waals surface area contributed by atoms with Gasteiger partial charge in [-0.3, -0.25) is 4.68 Å². The van der Waals surface area contributed by atoms with Crippen LogP contribution in [0.4, 0.5) is 0 Å². The van der Waals surface area contributed by atoms with Gasteiger partial charge in [-0.25, -0.2) is 0 Å². The minimum Gasteiger partial charge on any atom is -0.269 e. The van der Waals surface area contributed by atoms with Crippen LogP contribution in [0.1, 0.15) is 38.6 Å². The second-order valence-corrected chi connectivity index (χ2v) is 4.59. The molecular weight excluding hydrogens is 252 g/mol. The van der Waals surface area contributed by atoms with Gasteiger partial charge in [0.15, 0.2) is 0 Å². The van der Waals surface area contributed by atoms with E-state index in [1.165, 1.54) is 17.8 Å². The number of halogens is 1. The first-order valence-electron chi connectivity index (χ1n) is 5.86. The van der Waals surface area contributed by atoms with Gasteiger partial charge in [-0.1, -0.05) is 43.1 Å². The molecule has 1 unspecified atom stereocenters. The van der Waals surface area contributed by atoms with Gasteiger partial charge in [0.05, 0.1) is 5.69 Å². The second-order valence-electron chi connectivity index (χ2n) is 3.94. The molecule has 0 saturated heterocycles. The van der Waals surface area contributed by atoms with Crippen molar-refractivity contribution in [2.45, 2.75) is 46.6 Å². The van der Waals surface area contributed by atoms with Crippen LogP contribution in [0.5, 0.6) is 0 Å². The highest BCUT2D eigenvalue weighted by Crippen LogP contribution is 2.13. The number of aromatic nitrogens is 2. The van der Waals surface area contributed by atoms with Crippen LogP contribution < -0.4 is 0 Å². The summed E-state index contributed by atoms with van der Waals surface area (Å²) in [7, 11) is 0. The van der Waals surface area contributed by atoms with Crippen LogP contribution in [-0.4, -0.2) is 15.1 Å². The van der Waals surface area contributed by atoms with Gasteiger partial charge in [0.1, 0.15) is 0 Å². The van der Waals surface area contributed by atoms with E-state index in [2.05, 4.69) is 52.5 Å². The Bertz CT molecular complexity index is 290. The SMILES string of the molecule is CCc1cc(CC)n(CC(CC)CBr)n1. The van der Waals surface area contributed by atoms with Gasteiger partial charge in [0.25, 0.3) is 0 Å². The minimum atomic E-state index is 0.694. The fraction of sp³-hybridized carbons (Fsp3) is 0.750. The Labute approximate surface area is 101 Å². The molecule has 3 heteroatoms. The Morgan fingerprint density at radius 3 is 2.53 bits per heavy atom. The molecule has 1 rings (SSSR count). The van der Waals surface area contributed by atoms with E-state index in [1.807, 2.05) is 0 Å². The van der Waals surface area contributed by atoms with Crippen LogP contribution in [-0.2, 0) is 19.4 Å². The Kier molecular flexibility index (Phi) is 5.37. The first-order chi connectivity index (χ1) is 7.24. The molecule has 86 valence electrons. The molecule has 1 aromatic heterocycles. The van der Waals surface area contributed by atoms with Crippen molar-refractivity contribution in [2.75, 3.05) is 5.33 Å². The number of hydrogen-bond donors (Lipinski definition) is 0. The van der Waals surface area contributed by atoms with E-state index in [0.29, 0.717) is 5.92 Å². The summed E-state index contributed by atoms with van der Waals surface area (Å²) in [5.74, 6) is 0.694. The van der Waals surface area contributed by atoms with Gasteiger partial charge >= 0.3 is 0 Å². The van der Waals surface area contributed by atoms with Gasteiger partial charge in [0.2, 0.25) is 0 Å². The highest BCUT2D eigenvalue weighted by molar-refractivity contribution is 9.09. The maximum atomic E-state index is 4.63. The van der Waals surface area contributed by atoms with E-state index in [9.17, 15) is 0 Å². The zero-order valence-corrected chi connectivity index (χ0v) is 11.5. The zero-order chi connectivity index (χ0) is 11.3. The van der Waals surface area contributed by atoms with E-state index in [4.69, 9.17) is 0 Å². The highest BCUT2D eigenvalue weighted by Gasteiger charge is 2.10. The third-order valence-electron chi connectivity index (χ3n) is 2.87. The number of aryl methyl sites for hydroxylation is 2. The summed E-state index contributed by atoms with van der Waals surface area (Å²) in [6.07, 6.45) is 3.31. The molecule has 0 N–H and O–H groups in total. The van der Waals surface area contributed by atoms with Crippen LogP contribution in [0.15, 0.2) is 6.07 Å². The molecule has 0 bridgehead atoms. The van der Waals surface area contributed by atoms with Crippen LogP contribution in [0, 0.1) is 5.92 Å².